The Morgan fingerprint density at radius 2 is 2.00 bits per heavy atom. The van der Waals surface area contributed by atoms with Crippen LogP contribution in [0.3, 0.4) is 0 Å². The third-order valence-electron chi connectivity index (χ3n) is 4.91. The molecular formula is C20H20Cl2N2O5. The summed E-state index contributed by atoms with van der Waals surface area (Å²) in [6.07, 6.45) is 0.844. The Kier molecular flexibility index (Phi) is 5.93. The molecule has 1 heterocycles. The van der Waals surface area contributed by atoms with Crippen LogP contribution in [0.2, 0.25) is 10.0 Å². The number of ether oxygens (including phenoxy) is 2. The van der Waals surface area contributed by atoms with E-state index in [2.05, 4.69) is 0 Å². The quantitative estimate of drug-likeness (QED) is 0.361. The maximum absolute atomic E-state index is 13.2. The van der Waals surface area contributed by atoms with Gasteiger partial charge in [0, 0.05) is 17.2 Å². The van der Waals surface area contributed by atoms with Gasteiger partial charge in [0.2, 0.25) is 0 Å². The van der Waals surface area contributed by atoms with Crippen molar-refractivity contribution < 1.29 is 23.9 Å². The first-order chi connectivity index (χ1) is 13.7. The van der Waals surface area contributed by atoms with Crippen LogP contribution in [-0.4, -0.2) is 35.9 Å². The third-order valence-corrected chi connectivity index (χ3v) is 5.46. The summed E-state index contributed by atoms with van der Waals surface area (Å²) in [6, 6.07) is 6.65. The van der Waals surface area contributed by atoms with Crippen molar-refractivity contribution in [3.63, 3.8) is 0 Å². The number of nitrogens with zero attached hydrogens (tertiary/aromatic N) is 2. The SMILES string of the molecule is CCOCON1C(=O)C(c2ccc(Cl)cc2Cl)=C(OC(=O)C2(C#N)CC2)C1(C)C. The van der Waals surface area contributed by atoms with Gasteiger partial charge in [0.1, 0.15) is 11.3 Å². The van der Waals surface area contributed by atoms with E-state index in [1.807, 2.05) is 6.07 Å². The molecule has 0 saturated heterocycles. The van der Waals surface area contributed by atoms with E-state index in [4.69, 9.17) is 37.5 Å². The minimum Gasteiger partial charge on any atom is -0.426 e. The number of carbonyl (C=O) groups is 2. The highest BCUT2D eigenvalue weighted by Crippen LogP contribution is 2.49. The molecular weight excluding hydrogens is 419 g/mol. The van der Waals surface area contributed by atoms with Crippen LogP contribution in [0, 0.1) is 16.7 Å². The van der Waals surface area contributed by atoms with E-state index in [-0.39, 0.29) is 23.1 Å². The van der Waals surface area contributed by atoms with Crippen molar-refractivity contribution in [3.8, 4) is 6.07 Å². The number of hydrogen-bond acceptors (Lipinski definition) is 6. The summed E-state index contributed by atoms with van der Waals surface area (Å²) >= 11 is 12.3. The van der Waals surface area contributed by atoms with Crippen LogP contribution in [0.5, 0.6) is 0 Å². The van der Waals surface area contributed by atoms with Crippen molar-refractivity contribution in [1.82, 2.24) is 5.06 Å². The van der Waals surface area contributed by atoms with Crippen molar-refractivity contribution in [2.24, 2.45) is 5.41 Å². The van der Waals surface area contributed by atoms with E-state index in [0.29, 0.717) is 30.0 Å². The topological polar surface area (TPSA) is 88.9 Å². The molecule has 0 bridgehead atoms. The van der Waals surface area contributed by atoms with Gasteiger partial charge in [0.25, 0.3) is 5.91 Å². The lowest BCUT2D eigenvalue weighted by Gasteiger charge is -2.31. The molecule has 154 valence electrons. The van der Waals surface area contributed by atoms with Gasteiger partial charge in [-0.25, -0.2) is 14.7 Å². The molecule has 0 N–H and O–H groups in total. The van der Waals surface area contributed by atoms with E-state index in [1.54, 1.807) is 32.9 Å². The second-order valence-electron chi connectivity index (χ2n) is 7.31. The summed E-state index contributed by atoms with van der Waals surface area (Å²) in [5, 5.41) is 11.0. The van der Waals surface area contributed by atoms with Crippen molar-refractivity contribution in [1.29, 1.82) is 5.26 Å². The Bertz CT molecular complexity index is 931. The highest BCUT2D eigenvalue weighted by Gasteiger charge is 2.56. The summed E-state index contributed by atoms with van der Waals surface area (Å²) in [4.78, 5) is 31.4. The molecule has 1 fully saturated rings. The molecule has 1 amide bonds. The molecule has 0 atom stereocenters. The molecule has 9 heteroatoms. The zero-order valence-corrected chi connectivity index (χ0v) is 17.8. The number of hydrogen-bond donors (Lipinski definition) is 0. The largest absolute Gasteiger partial charge is 0.426 e. The molecule has 1 aliphatic heterocycles. The monoisotopic (exact) mass is 438 g/mol. The van der Waals surface area contributed by atoms with Crippen LogP contribution in [0.25, 0.3) is 5.57 Å². The second kappa shape index (κ2) is 7.96. The van der Waals surface area contributed by atoms with Crippen LogP contribution < -0.4 is 0 Å². The summed E-state index contributed by atoms with van der Waals surface area (Å²) in [6.45, 7) is 5.38. The van der Waals surface area contributed by atoms with Gasteiger partial charge in [-0.2, -0.15) is 5.26 Å². The molecule has 0 spiro atoms. The van der Waals surface area contributed by atoms with Gasteiger partial charge < -0.3 is 9.47 Å². The second-order valence-corrected chi connectivity index (χ2v) is 8.15. The predicted octanol–water partition coefficient (Wildman–Crippen LogP) is 4.10. The van der Waals surface area contributed by atoms with E-state index < -0.39 is 22.8 Å². The molecule has 1 aromatic rings. The normalized spacial score (nSPS) is 19.3. The lowest BCUT2D eigenvalue weighted by molar-refractivity contribution is -0.243. The first-order valence-corrected chi connectivity index (χ1v) is 9.82. The molecule has 1 saturated carbocycles. The van der Waals surface area contributed by atoms with Gasteiger partial charge in [-0.15, -0.1) is 0 Å². The number of nitriles is 1. The lowest BCUT2D eigenvalue weighted by Crippen LogP contribution is -2.44. The highest BCUT2D eigenvalue weighted by atomic mass is 35.5. The fourth-order valence-electron chi connectivity index (χ4n) is 3.03. The van der Waals surface area contributed by atoms with Crippen LogP contribution in [0.4, 0.5) is 0 Å². The lowest BCUT2D eigenvalue weighted by atomic mass is 9.98. The molecule has 0 unspecified atom stereocenters. The molecule has 29 heavy (non-hydrogen) atoms. The van der Waals surface area contributed by atoms with E-state index in [0.717, 1.165) is 5.06 Å². The minimum atomic E-state index is -1.17. The van der Waals surface area contributed by atoms with Crippen molar-refractivity contribution >= 4 is 40.7 Å². The van der Waals surface area contributed by atoms with Crippen molar-refractivity contribution in [3.05, 3.63) is 39.6 Å². The number of rotatable bonds is 7. The summed E-state index contributed by atoms with van der Waals surface area (Å²) in [7, 11) is 0. The fraction of sp³-hybridized carbons (Fsp3) is 0.450. The number of esters is 1. The molecule has 7 nitrogen and oxygen atoms in total. The summed E-state index contributed by atoms with van der Waals surface area (Å²) in [5.41, 5.74) is -1.88. The van der Waals surface area contributed by atoms with Gasteiger partial charge in [0.15, 0.2) is 12.2 Å². The van der Waals surface area contributed by atoms with Crippen LogP contribution in [-0.2, 0) is 23.9 Å². The van der Waals surface area contributed by atoms with E-state index in [9.17, 15) is 14.9 Å². The van der Waals surface area contributed by atoms with Crippen LogP contribution in [0.1, 0.15) is 39.2 Å². The Morgan fingerprint density at radius 1 is 1.31 bits per heavy atom. The van der Waals surface area contributed by atoms with Gasteiger partial charge in [0.05, 0.1) is 16.7 Å². The summed E-state index contributed by atoms with van der Waals surface area (Å²) < 4.78 is 10.8. The number of halogens is 2. The number of amides is 1. The average Bonchev–Trinajstić information content (AvgIpc) is 3.44. The Hall–Kier alpha value is -2.11. The maximum Gasteiger partial charge on any atom is 0.331 e. The number of benzene rings is 1. The zero-order chi connectivity index (χ0) is 21.4. The van der Waals surface area contributed by atoms with E-state index in [1.165, 1.54) is 6.07 Å². The zero-order valence-electron chi connectivity index (χ0n) is 16.3. The molecule has 0 aromatic heterocycles. The first kappa shape index (κ1) is 21.6. The molecule has 1 aliphatic carbocycles. The molecule has 2 aliphatic rings. The standard InChI is InChI=1S/C20H20Cl2N2O5/c1-4-27-11-28-24-17(25)15(13-6-5-12(21)9-14(13)22)16(19(24,2)3)29-18(26)20(10-23)7-8-20/h5-6,9H,4,7-8,11H2,1-3H3. The molecule has 3 rings (SSSR count). The highest BCUT2D eigenvalue weighted by molar-refractivity contribution is 6.37. The predicted molar refractivity (Wildman–Crippen MR) is 105 cm³/mol. The third kappa shape index (κ3) is 3.86. The molecule has 1 aromatic carbocycles. The Balaban J connectivity index is 2.06. The minimum absolute atomic E-state index is 0.0646. The fourth-order valence-corrected chi connectivity index (χ4v) is 3.53. The first-order valence-electron chi connectivity index (χ1n) is 9.07. The van der Waals surface area contributed by atoms with Crippen LogP contribution >= 0.6 is 23.2 Å². The maximum atomic E-state index is 13.2. The van der Waals surface area contributed by atoms with Crippen molar-refractivity contribution in [2.75, 3.05) is 13.4 Å². The number of carbonyl (C=O) groups excluding carboxylic acids is 2. The van der Waals surface area contributed by atoms with Crippen molar-refractivity contribution in [2.45, 2.75) is 39.2 Å². The average molecular weight is 439 g/mol. The van der Waals surface area contributed by atoms with Gasteiger partial charge >= 0.3 is 5.97 Å². The van der Waals surface area contributed by atoms with Crippen LogP contribution in [0.15, 0.2) is 24.0 Å². The number of hydroxylamine groups is 2. The Labute approximate surface area is 178 Å². The van der Waals surface area contributed by atoms with Gasteiger partial charge in [-0.1, -0.05) is 29.3 Å². The smallest absolute Gasteiger partial charge is 0.331 e. The summed E-state index contributed by atoms with van der Waals surface area (Å²) in [5.74, 6) is -1.16. The van der Waals surface area contributed by atoms with Gasteiger partial charge in [-0.3, -0.25) is 4.79 Å². The van der Waals surface area contributed by atoms with Gasteiger partial charge in [-0.05, 0) is 45.7 Å². The Morgan fingerprint density at radius 3 is 2.55 bits per heavy atom. The van der Waals surface area contributed by atoms with E-state index >= 15 is 0 Å². The molecule has 0 radical (unpaired) electrons.